The first-order chi connectivity index (χ1) is 10.5. The molecule has 22 heavy (non-hydrogen) atoms. The van der Waals surface area contributed by atoms with E-state index >= 15 is 0 Å². The molecule has 7 heteroatoms. The molecular weight excluding hydrogens is 312 g/mol. The molecule has 0 aromatic heterocycles. The van der Waals surface area contributed by atoms with Crippen LogP contribution in [0.3, 0.4) is 0 Å². The Labute approximate surface area is 132 Å². The van der Waals surface area contributed by atoms with E-state index < -0.39 is 11.9 Å². The molecule has 0 heterocycles. The zero-order chi connectivity index (χ0) is 16.5. The average Bonchev–Trinajstić information content (AvgIpc) is 2.53. The highest BCUT2D eigenvalue weighted by atomic mass is 35.5. The van der Waals surface area contributed by atoms with Crippen molar-refractivity contribution < 1.29 is 28.5 Å². The number of carbonyl (C=O) groups is 2. The van der Waals surface area contributed by atoms with Gasteiger partial charge < -0.3 is 18.9 Å². The Kier molecular flexibility index (Phi) is 6.98. The first kappa shape index (κ1) is 17.6. The van der Waals surface area contributed by atoms with Gasteiger partial charge in [-0.05, 0) is 24.3 Å². The molecule has 1 aromatic rings. The average molecular weight is 327 g/mol. The maximum Gasteiger partial charge on any atom is 0.377 e. The Hall–Kier alpha value is -2.47. The van der Waals surface area contributed by atoms with Crippen LogP contribution in [-0.4, -0.2) is 33.3 Å². The van der Waals surface area contributed by atoms with Gasteiger partial charge in [-0.2, -0.15) is 0 Å². The fourth-order valence-corrected chi connectivity index (χ4v) is 1.59. The number of ether oxygens (including phenoxy) is 4. The minimum Gasteiger partial charge on any atom is -0.500 e. The third-order valence-corrected chi connectivity index (χ3v) is 2.64. The van der Waals surface area contributed by atoms with Gasteiger partial charge >= 0.3 is 11.9 Å². The fraction of sp³-hybridized carbons (Fsp3) is 0.200. The highest BCUT2D eigenvalue weighted by molar-refractivity contribution is 6.30. The van der Waals surface area contributed by atoms with Gasteiger partial charge in [0.1, 0.15) is 12.0 Å². The molecule has 0 fully saturated rings. The van der Waals surface area contributed by atoms with E-state index in [4.69, 9.17) is 21.1 Å². The quantitative estimate of drug-likeness (QED) is 0.454. The number of carbonyl (C=O) groups excluding carboxylic acids is 2. The molecule has 0 saturated carbocycles. The Balaban J connectivity index is 3.13. The molecule has 0 amide bonds. The molecule has 0 bridgehead atoms. The molecule has 0 atom stereocenters. The zero-order valence-electron chi connectivity index (χ0n) is 12.3. The minimum absolute atomic E-state index is 0.153. The standard InChI is InChI=1S/C15H15ClO6/c1-19-9-13(15(18)21-3)22-12-6-5-11(16)8-10(12)4-7-14(17)20-2/h4-9H,1-3H3. The Morgan fingerprint density at radius 2 is 1.86 bits per heavy atom. The summed E-state index contributed by atoms with van der Waals surface area (Å²) < 4.78 is 19.3. The summed E-state index contributed by atoms with van der Waals surface area (Å²) in [5.74, 6) is -1.11. The number of hydrogen-bond acceptors (Lipinski definition) is 6. The lowest BCUT2D eigenvalue weighted by Gasteiger charge is -2.10. The van der Waals surface area contributed by atoms with E-state index in [1.807, 2.05) is 0 Å². The van der Waals surface area contributed by atoms with Gasteiger partial charge in [-0.3, -0.25) is 0 Å². The third-order valence-electron chi connectivity index (χ3n) is 2.40. The first-order valence-electron chi connectivity index (χ1n) is 6.06. The van der Waals surface area contributed by atoms with Crippen molar-refractivity contribution in [2.45, 2.75) is 0 Å². The first-order valence-corrected chi connectivity index (χ1v) is 6.44. The highest BCUT2D eigenvalue weighted by Crippen LogP contribution is 2.26. The Morgan fingerprint density at radius 3 is 2.45 bits per heavy atom. The zero-order valence-corrected chi connectivity index (χ0v) is 13.0. The monoisotopic (exact) mass is 326 g/mol. The van der Waals surface area contributed by atoms with Crippen LogP contribution in [0.4, 0.5) is 0 Å². The van der Waals surface area contributed by atoms with Gasteiger partial charge in [-0.25, -0.2) is 9.59 Å². The number of benzene rings is 1. The molecule has 0 N–H and O–H groups in total. The predicted molar refractivity (Wildman–Crippen MR) is 80.2 cm³/mol. The molecular formula is C15H15ClO6. The van der Waals surface area contributed by atoms with Crippen LogP contribution in [-0.2, 0) is 23.8 Å². The lowest BCUT2D eigenvalue weighted by molar-refractivity contribution is -0.139. The van der Waals surface area contributed by atoms with Crippen molar-refractivity contribution in [2.24, 2.45) is 0 Å². The number of methoxy groups -OCH3 is 3. The molecule has 118 valence electrons. The van der Waals surface area contributed by atoms with Crippen molar-refractivity contribution in [1.82, 2.24) is 0 Å². The lowest BCUT2D eigenvalue weighted by Crippen LogP contribution is -2.11. The van der Waals surface area contributed by atoms with Crippen molar-refractivity contribution in [3.63, 3.8) is 0 Å². The van der Waals surface area contributed by atoms with Gasteiger partial charge in [0.05, 0.1) is 21.3 Å². The van der Waals surface area contributed by atoms with Gasteiger partial charge in [-0.1, -0.05) is 11.6 Å². The lowest BCUT2D eigenvalue weighted by atomic mass is 10.2. The highest BCUT2D eigenvalue weighted by Gasteiger charge is 2.15. The third kappa shape index (κ3) is 5.14. The number of rotatable bonds is 6. The fourth-order valence-electron chi connectivity index (χ4n) is 1.41. The predicted octanol–water partition coefficient (Wildman–Crippen LogP) is 2.57. The molecule has 0 radical (unpaired) electrons. The molecule has 0 aliphatic carbocycles. The van der Waals surface area contributed by atoms with Crippen molar-refractivity contribution >= 4 is 29.6 Å². The van der Waals surface area contributed by atoms with Crippen LogP contribution in [0.1, 0.15) is 5.56 Å². The summed E-state index contributed by atoms with van der Waals surface area (Å²) in [6.45, 7) is 0. The Morgan fingerprint density at radius 1 is 1.14 bits per heavy atom. The van der Waals surface area contributed by atoms with Crippen molar-refractivity contribution in [1.29, 1.82) is 0 Å². The van der Waals surface area contributed by atoms with Crippen LogP contribution in [0, 0.1) is 0 Å². The Bertz CT molecular complexity index is 606. The second-order valence-electron chi connectivity index (χ2n) is 3.85. The van der Waals surface area contributed by atoms with Gasteiger partial charge in [0, 0.05) is 16.7 Å². The molecule has 0 aliphatic rings. The van der Waals surface area contributed by atoms with Gasteiger partial charge in [0.2, 0.25) is 5.76 Å². The summed E-state index contributed by atoms with van der Waals surface area (Å²) in [5.41, 5.74) is 0.476. The van der Waals surface area contributed by atoms with Gasteiger partial charge in [0.25, 0.3) is 0 Å². The summed E-state index contributed by atoms with van der Waals surface area (Å²) in [4.78, 5) is 22.8. The summed E-state index contributed by atoms with van der Waals surface area (Å²) >= 11 is 5.92. The molecule has 1 aromatic carbocycles. The van der Waals surface area contributed by atoms with E-state index in [1.165, 1.54) is 33.5 Å². The van der Waals surface area contributed by atoms with Gasteiger partial charge in [-0.15, -0.1) is 0 Å². The van der Waals surface area contributed by atoms with Crippen LogP contribution in [0.5, 0.6) is 5.75 Å². The van der Waals surface area contributed by atoms with Crippen molar-refractivity contribution in [3.8, 4) is 5.75 Å². The van der Waals surface area contributed by atoms with Crippen molar-refractivity contribution in [2.75, 3.05) is 21.3 Å². The van der Waals surface area contributed by atoms with Crippen LogP contribution in [0.25, 0.3) is 6.08 Å². The molecule has 0 unspecified atom stereocenters. The second kappa shape index (κ2) is 8.74. The summed E-state index contributed by atoms with van der Waals surface area (Å²) in [5, 5.41) is 0.437. The topological polar surface area (TPSA) is 71.1 Å². The van der Waals surface area contributed by atoms with E-state index in [0.29, 0.717) is 16.3 Å². The van der Waals surface area contributed by atoms with E-state index in [2.05, 4.69) is 9.47 Å². The van der Waals surface area contributed by atoms with Crippen LogP contribution >= 0.6 is 11.6 Å². The molecule has 0 spiro atoms. The summed E-state index contributed by atoms with van der Waals surface area (Å²) in [6.07, 6.45) is 3.76. The van der Waals surface area contributed by atoms with E-state index in [0.717, 1.165) is 6.26 Å². The van der Waals surface area contributed by atoms with Crippen LogP contribution in [0.15, 0.2) is 36.3 Å². The van der Waals surface area contributed by atoms with E-state index in [1.54, 1.807) is 18.2 Å². The second-order valence-corrected chi connectivity index (χ2v) is 4.29. The maximum absolute atomic E-state index is 11.6. The van der Waals surface area contributed by atoms with Crippen molar-refractivity contribution in [3.05, 3.63) is 46.9 Å². The summed E-state index contributed by atoms with van der Waals surface area (Å²) in [7, 11) is 3.85. The summed E-state index contributed by atoms with van der Waals surface area (Å²) in [6, 6.07) is 4.69. The van der Waals surface area contributed by atoms with E-state index in [-0.39, 0.29) is 5.76 Å². The normalized spacial score (nSPS) is 11.2. The largest absolute Gasteiger partial charge is 0.500 e. The van der Waals surface area contributed by atoms with Crippen LogP contribution in [0.2, 0.25) is 5.02 Å². The molecule has 1 rings (SSSR count). The number of hydrogen-bond donors (Lipinski definition) is 0. The van der Waals surface area contributed by atoms with Crippen LogP contribution < -0.4 is 4.74 Å². The van der Waals surface area contributed by atoms with E-state index in [9.17, 15) is 9.59 Å². The molecule has 6 nitrogen and oxygen atoms in total. The molecule has 0 aliphatic heterocycles. The SMILES string of the molecule is COC=C(Oc1ccc(Cl)cc1C=CC(=O)OC)C(=O)OC. The number of halogens is 1. The minimum atomic E-state index is -0.709. The van der Waals surface area contributed by atoms with Gasteiger partial charge in [0.15, 0.2) is 0 Å². The smallest absolute Gasteiger partial charge is 0.377 e. The molecule has 0 saturated heterocycles. The maximum atomic E-state index is 11.6. The number of esters is 2.